The van der Waals surface area contributed by atoms with Crippen molar-refractivity contribution >= 4 is 21.9 Å². The van der Waals surface area contributed by atoms with Gasteiger partial charge in [0.05, 0.1) is 23.3 Å². The Morgan fingerprint density at radius 1 is 1.33 bits per heavy atom. The zero-order chi connectivity index (χ0) is 22.1. The summed E-state index contributed by atoms with van der Waals surface area (Å²) in [6, 6.07) is 6.49. The Morgan fingerprint density at radius 3 is 2.63 bits per heavy atom. The van der Waals surface area contributed by atoms with E-state index in [4.69, 9.17) is 14.3 Å². The van der Waals surface area contributed by atoms with Crippen LogP contribution < -0.4 is 10.1 Å². The molecule has 11 heteroatoms. The number of benzene rings is 1. The fourth-order valence-electron chi connectivity index (χ4n) is 2.86. The van der Waals surface area contributed by atoms with E-state index in [0.29, 0.717) is 5.76 Å². The third kappa shape index (κ3) is 4.26. The molecule has 2 heterocycles. The zero-order valence-electron chi connectivity index (χ0n) is 15.2. The van der Waals surface area contributed by atoms with Crippen molar-refractivity contribution in [3.63, 3.8) is 0 Å². The molecule has 3 rings (SSSR count). The van der Waals surface area contributed by atoms with Gasteiger partial charge in [-0.3, -0.25) is 5.32 Å². The summed E-state index contributed by atoms with van der Waals surface area (Å²) in [5.74, 6) is -1.61. The molecule has 2 aromatic rings. The van der Waals surface area contributed by atoms with E-state index in [9.17, 15) is 26.4 Å². The third-order valence-corrected chi connectivity index (χ3v) is 6.24. The maximum absolute atomic E-state index is 13.1. The molecule has 0 amide bonds. The Bertz CT molecular complexity index is 1090. The maximum Gasteiger partial charge on any atom is 0.430 e. The van der Waals surface area contributed by atoms with Gasteiger partial charge in [-0.1, -0.05) is 6.08 Å². The highest BCUT2D eigenvalue weighted by molar-refractivity contribution is 7.92. The van der Waals surface area contributed by atoms with Crippen molar-refractivity contribution in [3.05, 3.63) is 66.1 Å². The van der Waals surface area contributed by atoms with E-state index in [2.05, 4.69) is 11.9 Å². The van der Waals surface area contributed by atoms with Gasteiger partial charge in [0, 0.05) is 5.56 Å². The Balaban J connectivity index is 1.93. The number of nitrogens with one attached hydrogen (secondary N) is 1. The standard InChI is InChI=1S/C19H16F3NO6S/c1-2-16(23-10-12-4-3-7-28-12)30(26,27)13-5-6-15-11(8-13)9-14(18(24)25)17(29-15)19(20,21)22/h2-9,16-17,23H,1,10H2,(H,24,25). The second-order valence-corrected chi connectivity index (χ2v) is 8.37. The van der Waals surface area contributed by atoms with Gasteiger partial charge in [0.1, 0.15) is 16.9 Å². The van der Waals surface area contributed by atoms with Crippen molar-refractivity contribution in [1.82, 2.24) is 5.32 Å². The number of sulfone groups is 1. The number of hydrogen-bond acceptors (Lipinski definition) is 6. The highest BCUT2D eigenvalue weighted by atomic mass is 32.2. The summed E-state index contributed by atoms with van der Waals surface area (Å²) in [6.07, 6.45) is -4.25. The zero-order valence-corrected chi connectivity index (χ0v) is 16.0. The summed E-state index contributed by atoms with van der Waals surface area (Å²) in [4.78, 5) is 11.0. The van der Waals surface area contributed by atoms with Crippen LogP contribution in [0.15, 0.2) is 64.1 Å². The number of carboxylic acid groups (broad SMARTS) is 1. The van der Waals surface area contributed by atoms with Gasteiger partial charge in [0.2, 0.25) is 6.10 Å². The normalized spacial score (nSPS) is 17.4. The number of halogens is 3. The van der Waals surface area contributed by atoms with Crippen LogP contribution in [0.2, 0.25) is 0 Å². The summed E-state index contributed by atoms with van der Waals surface area (Å²) in [5, 5.41) is 10.6. The van der Waals surface area contributed by atoms with Gasteiger partial charge < -0.3 is 14.3 Å². The van der Waals surface area contributed by atoms with E-state index in [1.54, 1.807) is 12.1 Å². The third-order valence-electron chi connectivity index (χ3n) is 4.30. The number of furan rings is 1. The van der Waals surface area contributed by atoms with Gasteiger partial charge >= 0.3 is 12.1 Å². The number of fused-ring (bicyclic) bond motifs is 1. The molecule has 0 spiro atoms. The van der Waals surface area contributed by atoms with Gasteiger partial charge in [0.25, 0.3) is 0 Å². The minimum atomic E-state index is -4.95. The quantitative estimate of drug-likeness (QED) is 0.634. The van der Waals surface area contributed by atoms with E-state index in [1.807, 2.05) is 0 Å². The van der Waals surface area contributed by atoms with Crippen LogP contribution in [0, 0.1) is 0 Å². The first-order valence-electron chi connectivity index (χ1n) is 8.48. The molecular weight excluding hydrogens is 427 g/mol. The molecule has 7 nitrogen and oxygen atoms in total. The maximum atomic E-state index is 13.1. The summed E-state index contributed by atoms with van der Waals surface area (Å²) in [5.41, 5.74) is -1.14. The summed E-state index contributed by atoms with van der Waals surface area (Å²) in [6.45, 7) is 3.59. The number of carbonyl (C=O) groups is 1. The lowest BCUT2D eigenvalue weighted by molar-refractivity contribution is -0.187. The van der Waals surface area contributed by atoms with Crippen LogP contribution >= 0.6 is 0 Å². The van der Waals surface area contributed by atoms with E-state index in [-0.39, 0.29) is 22.8 Å². The van der Waals surface area contributed by atoms with Gasteiger partial charge in [-0.05, 0) is 36.4 Å². The summed E-state index contributed by atoms with van der Waals surface area (Å²) < 4.78 is 75.1. The molecule has 0 saturated carbocycles. The van der Waals surface area contributed by atoms with E-state index in [1.165, 1.54) is 6.26 Å². The second-order valence-electron chi connectivity index (χ2n) is 6.31. The second kappa shape index (κ2) is 8.00. The summed E-state index contributed by atoms with van der Waals surface area (Å²) >= 11 is 0. The van der Waals surface area contributed by atoms with Crippen molar-refractivity contribution in [2.45, 2.75) is 29.1 Å². The molecule has 2 unspecified atom stereocenters. The molecule has 2 N–H and O–H groups in total. The number of hydrogen-bond donors (Lipinski definition) is 2. The molecule has 0 bridgehead atoms. The monoisotopic (exact) mass is 443 g/mol. The minimum absolute atomic E-state index is 0.0906. The first-order chi connectivity index (χ1) is 14.0. The van der Waals surface area contributed by atoms with Gasteiger partial charge in [-0.25, -0.2) is 13.2 Å². The van der Waals surface area contributed by atoms with Crippen LogP contribution in [-0.4, -0.2) is 37.1 Å². The lowest BCUT2D eigenvalue weighted by Crippen LogP contribution is -2.40. The largest absolute Gasteiger partial charge is 0.478 e. The smallest absolute Gasteiger partial charge is 0.430 e. The van der Waals surface area contributed by atoms with Crippen molar-refractivity contribution < 1.29 is 40.6 Å². The van der Waals surface area contributed by atoms with E-state index >= 15 is 0 Å². The molecule has 0 radical (unpaired) electrons. The summed E-state index contributed by atoms with van der Waals surface area (Å²) in [7, 11) is -4.04. The minimum Gasteiger partial charge on any atom is -0.478 e. The fourth-order valence-corrected chi connectivity index (χ4v) is 4.25. The lowest BCUT2D eigenvalue weighted by atomic mass is 10.0. The highest BCUT2D eigenvalue weighted by Gasteiger charge is 2.48. The van der Waals surface area contributed by atoms with Crippen molar-refractivity contribution in [3.8, 4) is 5.75 Å². The predicted octanol–water partition coefficient (Wildman–Crippen LogP) is 3.15. The molecule has 0 fully saturated rings. The molecule has 2 atom stereocenters. The Hall–Kier alpha value is -3.05. The average molecular weight is 443 g/mol. The van der Waals surface area contributed by atoms with Gasteiger partial charge in [-0.2, -0.15) is 13.2 Å². The van der Waals surface area contributed by atoms with E-state index in [0.717, 1.165) is 30.4 Å². The number of carboxylic acids is 1. The van der Waals surface area contributed by atoms with Gasteiger partial charge in [0.15, 0.2) is 9.84 Å². The Labute approximate surface area is 169 Å². The highest BCUT2D eigenvalue weighted by Crippen LogP contribution is 2.38. The Morgan fingerprint density at radius 2 is 2.07 bits per heavy atom. The van der Waals surface area contributed by atoms with Crippen molar-refractivity contribution in [1.29, 1.82) is 0 Å². The molecule has 0 saturated heterocycles. The van der Waals surface area contributed by atoms with Gasteiger partial charge in [-0.15, -0.1) is 6.58 Å². The average Bonchev–Trinajstić information content (AvgIpc) is 3.19. The predicted molar refractivity (Wildman–Crippen MR) is 99.2 cm³/mol. The molecule has 1 aliphatic rings. The molecule has 30 heavy (non-hydrogen) atoms. The first-order valence-corrected chi connectivity index (χ1v) is 10.0. The lowest BCUT2D eigenvalue weighted by Gasteiger charge is -2.27. The number of alkyl halides is 3. The molecule has 1 aromatic heterocycles. The topological polar surface area (TPSA) is 106 Å². The number of aliphatic carboxylic acids is 1. The van der Waals surface area contributed by atoms with Crippen LogP contribution in [0.4, 0.5) is 13.2 Å². The Kier molecular flexibility index (Phi) is 5.77. The van der Waals surface area contributed by atoms with Crippen LogP contribution in [0.5, 0.6) is 5.75 Å². The fraction of sp³-hybridized carbons (Fsp3) is 0.211. The first kappa shape index (κ1) is 21.7. The SMILES string of the molecule is C=CC(NCc1ccco1)S(=O)(=O)c1ccc2c(c1)C=C(C(=O)O)C(C(F)(F)F)O2. The van der Waals surface area contributed by atoms with Crippen molar-refractivity contribution in [2.75, 3.05) is 0 Å². The molecule has 160 valence electrons. The molecular formula is C19H16F3NO6S. The molecule has 1 aliphatic heterocycles. The van der Waals surface area contributed by atoms with Crippen LogP contribution in [-0.2, 0) is 21.2 Å². The van der Waals surface area contributed by atoms with Crippen LogP contribution in [0.3, 0.4) is 0 Å². The molecule has 1 aromatic carbocycles. The van der Waals surface area contributed by atoms with E-state index < -0.39 is 39.0 Å². The number of ether oxygens (including phenoxy) is 1. The molecule has 0 aliphatic carbocycles. The van der Waals surface area contributed by atoms with Crippen molar-refractivity contribution in [2.24, 2.45) is 0 Å². The van der Waals surface area contributed by atoms with Crippen LogP contribution in [0.1, 0.15) is 11.3 Å². The van der Waals surface area contributed by atoms with Crippen LogP contribution in [0.25, 0.3) is 6.08 Å². The number of rotatable bonds is 7.